The maximum absolute atomic E-state index is 11.6. The number of nitrogens with one attached hydrogen (secondary N) is 1. The molecular formula is C16H25NO2S. The number of hydrogen-bond donors (Lipinski definition) is 1. The first kappa shape index (κ1) is 15.5. The molecule has 1 N–H and O–H groups in total. The van der Waals surface area contributed by atoms with Crippen molar-refractivity contribution in [2.24, 2.45) is 0 Å². The molecule has 112 valence electrons. The number of rotatable bonds is 6. The van der Waals surface area contributed by atoms with Gasteiger partial charge in [-0.3, -0.25) is 0 Å². The van der Waals surface area contributed by atoms with Crippen LogP contribution >= 0.6 is 0 Å². The summed E-state index contributed by atoms with van der Waals surface area (Å²) in [6.45, 7) is 3.89. The molecule has 0 aromatic heterocycles. The van der Waals surface area contributed by atoms with E-state index < -0.39 is 9.84 Å². The lowest BCUT2D eigenvalue weighted by molar-refractivity contribution is 0.331. The first-order chi connectivity index (χ1) is 9.47. The zero-order chi connectivity index (χ0) is 14.6. The lowest BCUT2D eigenvalue weighted by Crippen LogP contribution is -2.42. The lowest BCUT2D eigenvalue weighted by Gasteiger charge is -2.39. The third kappa shape index (κ3) is 3.61. The van der Waals surface area contributed by atoms with Crippen LogP contribution in [0.4, 0.5) is 0 Å². The largest absolute Gasteiger partial charge is 0.316 e. The van der Waals surface area contributed by atoms with E-state index in [0.29, 0.717) is 0 Å². The summed E-state index contributed by atoms with van der Waals surface area (Å²) in [4.78, 5) is 0. The average molecular weight is 295 g/mol. The second kappa shape index (κ2) is 6.27. The van der Waals surface area contributed by atoms with Crippen molar-refractivity contribution in [2.75, 3.05) is 25.1 Å². The smallest absolute Gasteiger partial charge is 0.147 e. The van der Waals surface area contributed by atoms with Crippen LogP contribution in [0.25, 0.3) is 0 Å². The van der Waals surface area contributed by atoms with Crippen LogP contribution in [-0.4, -0.2) is 33.5 Å². The molecule has 1 unspecified atom stereocenters. The van der Waals surface area contributed by atoms with Gasteiger partial charge in [-0.15, -0.1) is 0 Å². The minimum Gasteiger partial charge on any atom is -0.316 e. The Kier molecular flexibility index (Phi) is 4.86. The van der Waals surface area contributed by atoms with Crippen LogP contribution in [0, 0.1) is 0 Å². The lowest BCUT2D eigenvalue weighted by atomic mass is 9.68. The van der Waals surface area contributed by atoms with Gasteiger partial charge in [-0.2, -0.15) is 0 Å². The van der Waals surface area contributed by atoms with Gasteiger partial charge in [0.1, 0.15) is 9.84 Å². The highest BCUT2D eigenvalue weighted by atomic mass is 32.2. The molecule has 0 radical (unpaired) electrons. The maximum atomic E-state index is 11.6. The second-order valence-corrected chi connectivity index (χ2v) is 8.21. The molecule has 0 saturated heterocycles. The van der Waals surface area contributed by atoms with Crippen molar-refractivity contribution >= 4 is 9.84 Å². The zero-order valence-corrected chi connectivity index (χ0v) is 13.3. The molecule has 2 rings (SSSR count). The Hall–Kier alpha value is -0.870. The molecule has 1 aromatic rings. The average Bonchev–Trinajstić information content (AvgIpc) is 2.42. The summed E-state index contributed by atoms with van der Waals surface area (Å²) in [5, 5.41) is 3.44. The van der Waals surface area contributed by atoms with Gasteiger partial charge in [0.05, 0.1) is 5.75 Å². The first-order valence-corrected chi connectivity index (χ1v) is 9.50. The molecule has 1 aliphatic carbocycles. The zero-order valence-electron chi connectivity index (χ0n) is 12.5. The molecule has 20 heavy (non-hydrogen) atoms. The van der Waals surface area contributed by atoms with Crippen molar-refractivity contribution in [1.29, 1.82) is 0 Å². The number of aryl methyl sites for hydroxylation is 1. The summed E-state index contributed by atoms with van der Waals surface area (Å²) < 4.78 is 23.2. The molecule has 1 atom stereocenters. The summed E-state index contributed by atoms with van der Waals surface area (Å²) in [6, 6.07) is 8.54. The van der Waals surface area contributed by atoms with Gasteiger partial charge >= 0.3 is 0 Å². The van der Waals surface area contributed by atoms with E-state index in [1.807, 2.05) is 0 Å². The second-order valence-electron chi connectivity index (χ2n) is 5.95. The molecule has 1 aromatic carbocycles. The quantitative estimate of drug-likeness (QED) is 0.876. The molecule has 0 bridgehead atoms. The number of fused-ring (bicyclic) bond motifs is 1. The Morgan fingerprint density at radius 1 is 1.30 bits per heavy atom. The molecule has 1 aliphatic rings. The van der Waals surface area contributed by atoms with Gasteiger partial charge in [-0.1, -0.05) is 31.2 Å². The van der Waals surface area contributed by atoms with Crippen LogP contribution in [0.1, 0.15) is 37.3 Å². The SMILES string of the molecule is CCNCC1(CCS(C)(=O)=O)CCCc2ccccc21. The van der Waals surface area contributed by atoms with Gasteiger partial charge in [0.2, 0.25) is 0 Å². The van der Waals surface area contributed by atoms with Crippen molar-refractivity contribution in [2.45, 2.75) is 38.0 Å². The molecule has 4 heteroatoms. The number of sulfone groups is 1. The predicted octanol–water partition coefficient (Wildman–Crippen LogP) is 2.30. The molecular weight excluding hydrogens is 270 g/mol. The van der Waals surface area contributed by atoms with Crippen LogP contribution in [0.5, 0.6) is 0 Å². The summed E-state index contributed by atoms with van der Waals surface area (Å²) in [7, 11) is -2.92. The highest BCUT2D eigenvalue weighted by Crippen LogP contribution is 2.39. The molecule has 0 amide bonds. The van der Waals surface area contributed by atoms with E-state index in [1.54, 1.807) is 0 Å². The Bertz CT molecular complexity index is 553. The minimum atomic E-state index is -2.92. The van der Waals surface area contributed by atoms with E-state index in [2.05, 4.69) is 36.5 Å². The van der Waals surface area contributed by atoms with E-state index in [-0.39, 0.29) is 11.2 Å². The van der Waals surface area contributed by atoms with Gasteiger partial charge in [0, 0.05) is 18.2 Å². The van der Waals surface area contributed by atoms with E-state index in [0.717, 1.165) is 38.8 Å². The molecule has 0 heterocycles. The van der Waals surface area contributed by atoms with Crippen LogP contribution in [0.15, 0.2) is 24.3 Å². The molecule has 0 saturated carbocycles. The first-order valence-electron chi connectivity index (χ1n) is 7.44. The van der Waals surface area contributed by atoms with Gasteiger partial charge in [0.15, 0.2) is 0 Å². The van der Waals surface area contributed by atoms with Crippen molar-refractivity contribution in [1.82, 2.24) is 5.32 Å². The van der Waals surface area contributed by atoms with Crippen LogP contribution in [0.2, 0.25) is 0 Å². The van der Waals surface area contributed by atoms with Crippen molar-refractivity contribution < 1.29 is 8.42 Å². The third-order valence-electron chi connectivity index (χ3n) is 4.35. The van der Waals surface area contributed by atoms with Crippen molar-refractivity contribution in [3.63, 3.8) is 0 Å². The summed E-state index contributed by atoms with van der Waals surface area (Å²) in [6.07, 6.45) is 5.39. The van der Waals surface area contributed by atoms with E-state index in [9.17, 15) is 8.42 Å². The number of benzene rings is 1. The third-order valence-corrected chi connectivity index (χ3v) is 5.30. The molecule has 3 nitrogen and oxygen atoms in total. The van der Waals surface area contributed by atoms with E-state index >= 15 is 0 Å². The maximum Gasteiger partial charge on any atom is 0.147 e. The van der Waals surface area contributed by atoms with Gasteiger partial charge in [0.25, 0.3) is 0 Å². The van der Waals surface area contributed by atoms with Crippen molar-refractivity contribution in [3.05, 3.63) is 35.4 Å². The Morgan fingerprint density at radius 3 is 2.75 bits per heavy atom. The van der Waals surface area contributed by atoms with Gasteiger partial charge in [-0.25, -0.2) is 8.42 Å². The Balaban J connectivity index is 2.32. The van der Waals surface area contributed by atoms with Gasteiger partial charge in [-0.05, 0) is 43.4 Å². The molecule has 0 spiro atoms. The Morgan fingerprint density at radius 2 is 2.05 bits per heavy atom. The Labute approximate surface area is 122 Å². The predicted molar refractivity (Wildman–Crippen MR) is 83.9 cm³/mol. The molecule has 0 fully saturated rings. The summed E-state index contributed by atoms with van der Waals surface area (Å²) in [5.41, 5.74) is 2.73. The fraction of sp³-hybridized carbons (Fsp3) is 0.625. The molecule has 0 aliphatic heterocycles. The normalized spacial score (nSPS) is 22.5. The monoisotopic (exact) mass is 295 g/mol. The van der Waals surface area contributed by atoms with E-state index in [4.69, 9.17) is 0 Å². The summed E-state index contributed by atoms with van der Waals surface area (Å²) in [5.74, 6) is 0.271. The highest BCUT2D eigenvalue weighted by molar-refractivity contribution is 7.90. The van der Waals surface area contributed by atoms with Crippen molar-refractivity contribution in [3.8, 4) is 0 Å². The van der Waals surface area contributed by atoms with E-state index in [1.165, 1.54) is 17.4 Å². The summed E-state index contributed by atoms with van der Waals surface area (Å²) >= 11 is 0. The minimum absolute atomic E-state index is 0.0199. The fourth-order valence-corrected chi connectivity index (χ4v) is 4.05. The van der Waals surface area contributed by atoms with Crippen LogP contribution in [0.3, 0.4) is 0 Å². The fourth-order valence-electron chi connectivity index (χ4n) is 3.28. The highest BCUT2D eigenvalue weighted by Gasteiger charge is 2.36. The number of likely N-dealkylation sites (N-methyl/N-ethyl adjacent to an activating group) is 1. The topological polar surface area (TPSA) is 46.2 Å². The standard InChI is InChI=1S/C16H25NO2S/c1-3-17-13-16(11-12-20(2,18)19)10-6-8-14-7-4-5-9-15(14)16/h4-5,7,9,17H,3,6,8,10-13H2,1-2H3. The number of hydrogen-bond acceptors (Lipinski definition) is 3. The van der Waals surface area contributed by atoms with Gasteiger partial charge < -0.3 is 5.32 Å². The van der Waals surface area contributed by atoms with Crippen LogP contribution < -0.4 is 5.32 Å². The van der Waals surface area contributed by atoms with Crippen LogP contribution in [-0.2, 0) is 21.7 Å².